The highest BCUT2D eigenvalue weighted by Crippen LogP contribution is 2.16. The summed E-state index contributed by atoms with van der Waals surface area (Å²) in [6.45, 7) is 9.48. The van der Waals surface area contributed by atoms with E-state index in [1.165, 1.54) is 6.08 Å². The molecule has 0 bridgehead atoms. The van der Waals surface area contributed by atoms with Crippen LogP contribution in [-0.2, 0) is 4.79 Å². The van der Waals surface area contributed by atoms with E-state index >= 15 is 0 Å². The number of hydrogen-bond donors (Lipinski definition) is 1. The number of likely N-dealkylation sites (tertiary alicyclic amines) is 1. The first kappa shape index (κ1) is 10.3. The first-order valence-corrected chi connectivity index (χ1v) is 4.81. The molecule has 13 heavy (non-hydrogen) atoms. The predicted molar refractivity (Wildman–Crippen MR) is 53.5 cm³/mol. The Balaban J connectivity index is 2.28. The van der Waals surface area contributed by atoms with E-state index in [-0.39, 0.29) is 5.91 Å². The Hall–Kier alpha value is -0.830. The van der Waals surface area contributed by atoms with E-state index in [0.717, 1.165) is 19.5 Å². The molecule has 1 amide bonds. The van der Waals surface area contributed by atoms with E-state index in [4.69, 9.17) is 0 Å². The molecule has 1 N–H and O–H groups in total. The fourth-order valence-corrected chi connectivity index (χ4v) is 1.43. The molecule has 0 aromatic carbocycles. The molecule has 1 saturated heterocycles. The van der Waals surface area contributed by atoms with Gasteiger partial charge < -0.3 is 10.2 Å². The van der Waals surface area contributed by atoms with Crippen molar-refractivity contribution in [2.24, 2.45) is 0 Å². The number of nitrogens with one attached hydrogen (secondary N) is 1. The number of hydrogen-bond acceptors (Lipinski definition) is 2. The van der Waals surface area contributed by atoms with E-state index in [1.54, 1.807) is 0 Å². The maximum Gasteiger partial charge on any atom is 0.246 e. The standard InChI is InChI=1S/C10H18N2O/c1-4-10(13)12-6-5-9(12)7-11-8(2)3/h4,8-9,11H,1,5-7H2,2-3H3. The number of rotatable bonds is 4. The van der Waals surface area contributed by atoms with Crippen molar-refractivity contribution in [2.45, 2.75) is 32.4 Å². The normalized spacial score (nSPS) is 21.5. The molecular formula is C10H18N2O. The van der Waals surface area contributed by atoms with Gasteiger partial charge in [-0.05, 0) is 12.5 Å². The molecule has 1 aliphatic rings. The summed E-state index contributed by atoms with van der Waals surface area (Å²) in [4.78, 5) is 13.1. The van der Waals surface area contributed by atoms with Gasteiger partial charge in [0, 0.05) is 25.2 Å². The van der Waals surface area contributed by atoms with Gasteiger partial charge in [0.15, 0.2) is 0 Å². The third-order valence-electron chi connectivity index (χ3n) is 2.36. The van der Waals surface area contributed by atoms with Gasteiger partial charge in [0.2, 0.25) is 5.91 Å². The summed E-state index contributed by atoms with van der Waals surface area (Å²) in [5.74, 6) is 0.0572. The zero-order valence-electron chi connectivity index (χ0n) is 8.42. The highest BCUT2D eigenvalue weighted by atomic mass is 16.2. The van der Waals surface area contributed by atoms with Gasteiger partial charge in [0.1, 0.15) is 0 Å². The zero-order valence-corrected chi connectivity index (χ0v) is 8.42. The minimum atomic E-state index is 0.0572. The van der Waals surface area contributed by atoms with Crippen LogP contribution in [0.25, 0.3) is 0 Å². The molecule has 1 heterocycles. The molecule has 0 radical (unpaired) electrons. The number of amides is 1. The van der Waals surface area contributed by atoms with Crippen molar-refractivity contribution in [1.29, 1.82) is 0 Å². The number of nitrogens with zero attached hydrogens (tertiary/aromatic N) is 1. The summed E-state index contributed by atoms with van der Waals surface area (Å²) in [5.41, 5.74) is 0. The van der Waals surface area contributed by atoms with E-state index in [1.807, 2.05) is 4.90 Å². The Kier molecular flexibility index (Phi) is 3.48. The van der Waals surface area contributed by atoms with Crippen molar-refractivity contribution in [3.8, 4) is 0 Å². The van der Waals surface area contributed by atoms with Crippen molar-refractivity contribution in [1.82, 2.24) is 10.2 Å². The number of carbonyl (C=O) groups is 1. The van der Waals surface area contributed by atoms with Gasteiger partial charge in [-0.15, -0.1) is 0 Å². The lowest BCUT2D eigenvalue weighted by Crippen LogP contribution is -2.55. The van der Waals surface area contributed by atoms with E-state index in [9.17, 15) is 4.79 Å². The van der Waals surface area contributed by atoms with Gasteiger partial charge in [-0.2, -0.15) is 0 Å². The third-order valence-corrected chi connectivity index (χ3v) is 2.36. The van der Waals surface area contributed by atoms with Crippen LogP contribution in [0.15, 0.2) is 12.7 Å². The quantitative estimate of drug-likeness (QED) is 0.651. The minimum absolute atomic E-state index is 0.0572. The fourth-order valence-electron chi connectivity index (χ4n) is 1.43. The SMILES string of the molecule is C=CC(=O)N1CCC1CNC(C)C. The van der Waals surface area contributed by atoms with Crippen LogP contribution in [0.4, 0.5) is 0 Å². The molecule has 0 aromatic rings. The van der Waals surface area contributed by atoms with Crippen LogP contribution in [0.3, 0.4) is 0 Å². The van der Waals surface area contributed by atoms with Crippen molar-refractivity contribution in [3.05, 3.63) is 12.7 Å². The van der Waals surface area contributed by atoms with Crippen molar-refractivity contribution in [3.63, 3.8) is 0 Å². The molecule has 0 aromatic heterocycles. The van der Waals surface area contributed by atoms with E-state index < -0.39 is 0 Å². The topological polar surface area (TPSA) is 32.3 Å². The van der Waals surface area contributed by atoms with Crippen LogP contribution in [0.2, 0.25) is 0 Å². The van der Waals surface area contributed by atoms with Crippen molar-refractivity contribution in [2.75, 3.05) is 13.1 Å². The molecule has 1 unspecified atom stereocenters. The Morgan fingerprint density at radius 2 is 2.46 bits per heavy atom. The predicted octanol–water partition coefficient (Wildman–Crippen LogP) is 0.771. The van der Waals surface area contributed by atoms with Gasteiger partial charge in [-0.25, -0.2) is 0 Å². The molecule has 0 spiro atoms. The van der Waals surface area contributed by atoms with Crippen LogP contribution >= 0.6 is 0 Å². The van der Waals surface area contributed by atoms with Gasteiger partial charge in [-0.3, -0.25) is 4.79 Å². The average Bonchev–Trinajstić information content (AvgIpc) is 2.01. The molecule has 3 heteroatoms. The molecule has 1 rings (SSSR count). The monoisotopic (exact) mass is 182 g/mol. The van der Waals surface area contributed by atoms with Crippen LogP contribution in [0, 0.1) is 0 Å². The summed E-state index contributed by atoms with van der Waals surface area (Å²) in [7, 11) is 0. The van der Waals surface area contributed by atoms with Crippen LogP contribution in [0.1, 0.15) is 20.3 Å². The van der Waals surface area contributed by atoms with Crippen LogP contribution in [0.5, 0.6) is 0 Å². The minimum Gasteiger partial charge on any atom is -0.335 e. The van der Waals surface area contributed by atoms with Crippen molar-refractivity contribution >= 4 is 5.91 Å². The summed E-state index contributed by atoms with van der Waals surface area (Å²) >= 11 is 0. The van der Waals surface area contributed by atoms with Crippen LogP contribution in [-0.4, -0.2) is 36.0 Å². The first-order chi connectivity index (χ1) is 6.15. The Bertz CT molecular complexity index is 201. The first-order valence-electron chi connectivity index (χ1n) is 4.81. The maximum atomic E-state index is 11.2. The smallest absolute Gasteiger partial charge is 0.246 e. The summed E-state index contributed by atoms with van der Waals surface area (Å²) in [5, 5.41) is 3.33. The highest BCUT2D eigenvalue weighted by Gasteiger charge is 2.30. The van der Waals surface area contributed by atoms with Crippen molar-refractivity contribution < 1.29 is 4.79 Å². The molecular weight excluding hydrogens is 164 g/mol. The summed E-state index contributed by atoms with van der Waals surface area (Å²) < 4.78 is 0. The average molecular weight is 182 g/mol. The van der Waals surface area contributed by atoms with Gasteiger partial charge in [-0.1, -0.05) is 20.4 Å². The summed E-state index contributed by atoms with van der Waals surface area (Å²) in [6.07, 6.45) is 2.50. The largest absolute Gasteiger partial charge is 0.335 e. The zero-order chi connectivity index (χ0) is 9.84. The Labute approximate surface area is 79.8 Å². The fraction of sp³-hybridized carbons (Fsp3) is 0.700. The van der Waals surface area contributed by atoms with Gasteiger partial charge >= 0.3 is 0 Å². The van der Waals surface area contributed by atoms with Crippen LogP contribution < -0.4 is 5.32 Å². The second kappa shape index (κ2) is 4.42. The molecule has 1 fully saturated rings. The molecule has 1 aliphatic heterocycles. The highest BCUT2D eigenvalue weighted by molar-refractivity contribution is 5.87. The second-order valence-electron chi connectivity index (χ2n) is 3.74. The second-order valence-corrected chi connectivity index (χ2v) is 3.74. The van der Waals surface area contributed by atoms with Gasteiger partial charge in [0.05, 0.1) is 0 Å². The molecule has 0 saturated carbocycles. The molecule has 3 nitrogen and oxygen atoms in total. The third kappa shape index (κ3) is 2.56. The van der Waals surface area contributed by atoms with E-state index in [0.29, 0.717) is 12.1 Å². The molecule has 0 aliphatic carbocycles. The number of carbonyl (C=O) groups excluding carboxylic acids is 1. The van der Waals surface area contributed by atoms with Gasteiger partial charge in [0.25, 0.3) is 0 Å². The lowest BCUT2D eigenvalue weighted by molar-refractivity contribution is -0.133. The van der Waals surface area contributed by atoms with E-state index in [2.05, 4.69) is 25.7 Å². The molecule has 1 atom stereocenters. The maximum absolute atomic E-state index is 11.2. The summed E-state index contributed by atoms with van der Waals surface area (Å²) in [6, 6.07) is 0.870. The lowest BCUT2D eigenvalue weighted by atomic mass is 10.0. The Morgan fingerprint density at radius 3 is 2.85 bits per heavy atom. The molecule has 74 valence electrons. The lowest BCUT2D eigenvalue weighted by Gasteiger charge is -2.40. The Morgan fingerprint density at radius 1 is 1.77 bits per heavy atom.